The molecule has 0 spiro atoms. The third kappa shape index (κ3) is 6.94. The van der Waals surface area contributed by atoms with Gasteiger partial charge in [0.15, 0.2) is 11.5 Å². The number of benzene rings is 1. The van der Waals surface area contributed by atoms with Gasteiger partial charge in [0.05, 0.1) is 13.7 Å². The minimum Gasteiger partial charge on any atom is -0.493 e. The molecule has 0 aliphatic rings. The van der Waals surface area contributed by atoms with Gasteiger partial charge in [0, 0.05) is 11.8 Å². The first-order chi connectivity index (χ1) is 9.81. The first-order valence-corrected chi connectivity index (χ1v) is 6.73. The highest BCUT2D eigenvalue weighted by atomic mass is 32.2. The predicted molar refractivity (Wildman–Crippen MR) is 73.7 cm³/mol. The minimum absolute atomic E-state index is 0.146. The quantitative estimate of drug-likeness (QED) is 0.616. The molecule has 8 heteroatoms. The molecule has 0 bridgehead atoms. The van der Waals surface area contributed by atoms with E-state index in [4.69, 9.17) is 14.6 Å². The van der Waals surface area contributed by atoms with Crippen LogP contribution < -0.4 is 9.47 Å². The summed E-state index contributed by atoms with van der Waals surface area (Å²) in [6.45, 7) is -0.146. The van der Waals surface area contributed by atoms with E-state index in [2.05, 4.69) is 0 Å². The molecule has 1 aromatic rings. The van der Waals surface area contributed by atoms with Crippen LogP contribution in [-0.2, 0) is 4.79 Å². The van der Waals surface area contributed by atoms with Gasteiger partial charge in [0.25, 0.3) is 0 Å². The third-order valence-corrected chi connectivity index (χ3v) is 2.91. The number of carbonyl (C=O) groups is 1. The molecule has 0 fully saturated rings. The molecule has 1 N–H and O–H groups in total. The summed E-state index contributed by atoms with van der Waals surface area (Å²) in [4.78, 5) is 10.4. The molecule has 0 heterocycles. The molecule has 1 aromatic carbocycles. The smallest absolute Gasteiger partial charge is 0.441 e. The zero-order chi connectivity index (χ0) is 15.9. The lowest BCUT2D eigenvalue weighted by atomic mass is 10.2. The maximum Gasteiger partial charge on any atom is 0.441 e. The molecular formula is C13H13F3O4S. The van der Waals surface area contributed by atoms with Crippen molar-refractivity contribution in [2.45, 2.75) is 5.51 Å². The summed E-state index contributed by atoms with van der Waals surface area (Å²) in [5, 5.41) is 8.54. The summed E-state index contributed by atoms with van der Waals surface area (Å²) in [6, 6.07) is 4.65. The first-order valence-electron chi connectivity index (χ1n) is 5.74. The normalized spacial score (nSPS) is 11.6. The fraction of sp³-hybridized carbons (Fsp3) is 0.308. The van der Waals surface area contributed by atoms with E-state index in [0.717, 1.165) is 6.08 Å². The highest BCUT2D eigenvalue weighted by Crippen LogP contribution is 2.31. The van der Waals surface area contributed by atoms with Crippen molar-refractivity contribution in [3.8, 4) is 11.5 Å². The summed E-state index contributed by atoms with van der Waals surface area (Å²) in [6.07, 6.45) is 2.30. The van der Waals surface area contributed by atoms with Gasteiger partial charge in [-0.2, -0.15) is 13.2 Å². The molecule has 0 saturated heterocycles. The molecule has 0 aliphatic heterocycles. The molecule has 4 nitrogen and oxygen atoms in total. The maximum absolute atomic E-state index is 12.0. The van der Waals surface area contributed by atoms with Gasteiger partial charge >= 0.3 is 11.5 Å². The number of thioether (sulfide) groups is 1. The second-order valence-corrected chi connectivity index (χ2v) is 4.88. The van der Waals surface area contributed by atoms with Gasteiger partial charge in [0.1, 0.15) is 0 Å². The van der Waals surface area contributed by atoms with Crippen LogP contribution in [0, 0.1) is 0 Å². The molecule has 1 rings (SSSR count). The Kier molecular flexibility index (Phi) is 6.41. The maximum atomic E-state index is 12.0. The summed E-state index contributed by atoms with van der Waals surface area (Å²) < 4.78 is 46.2. The minimum atomic E-state index is -4.29. The Morgan fingerprint density at radius 1 is 1.38 bits per heavy atom. The highest BCUT2D eigenvalue weighted by Gasteiger charge is 2.27. The molecule has 0 aliphatic carbocycles. The van der Waals surface area contributed by atoms with Crippen molar-refractivity contribution in [1.29, 1.82) is 0 Å². The molecule has 0 saturated carbocycles. The molecule has 0 unspecified atom stereocenters. The number of methoxy groups -OCH3 is 1. The number of carboxylic acid groups (broad SMARTS) is 1. The summed E-state index contributed by atoms with van der Waals surface area (Å²) in [5.74, 6) is -0.732. The van der Waals surface area contributed by atoms with Crippen molar-refractivity contribution in [3.63, 3.8) is 0 Å². The number of ether oxygens (including phenoxy) is 2. The van der Waals surface area contributed by atoms with Crippen molar-refractivity contribution in [2.75, 3.05) is 19.5 Å². The molecule has 0 atom stereocenters. The van der Waals surface area contributed by atoms with E-state index in [1.165, 1.54) is 19.3 Å². The van der Waals surface area contributed by atoms with E-state index in [0.29, 0.717) is 11.3 Å². The number of hydrogen-bond donors (Lipinski definition) is 1. The van der Waals surface area contributed by atoms with E-state index < -0.39 is 11.5 Å². The lowest BCUT2D eigenvalue weighted by molar-refractivity contribution is -0.131. The topological polar surface area (TPSA) is 55.8 Å². The Morgan fingerprint density at radius 2 is 2.10 bits per heavy atom. The van der Waals surface area contributed by atoms with Crippen molar-refractivity contribution < 1.29 is 32.5 Å². The second-order valence-electron chi connectivity index (χ2n) is 3.72. The number of carboxylic acids is 1. The van der Waals surface area contributed by atoms with Gasteiger partial charge in [-0.3, -0.25) is 0 Å². The number of hydrogen-bond acceptors (Lipinski definition) is 4. The van der Waals surface area contributed by atoms with Gasteiger partial charge in [-0.25, -0.2) is 4.79 Å². The van der Waals surface area contributed by atoms with Crippen LogP contribution in [0.2, 0.25) is 0 Å². The average Bonchev–Trinajstić information content (AvgIpc) is 2.40. The summed E-state index contributed by atoms with van der Waals surface area (Å²) in [7, 11) is 1.40. The lowest BCUT2D eigenvalue weighted by Gasteiger charge is -2.12. The van der Waals surface area contributed by atoms with E-state index in [1.807, 2.05) is 0 Å². The molecule has 116 valence electrons. The molecular weight excluding hydrogens is 309 g/mol. The largest absolute Gasteiger partial charge is 0.493 e. The first kappa shape index (κ1) is 17.2. The van der Waals surface area contributed by atoms with Crippen LogP contribution in [-0.4, -0.2) is 36.1 Å². The molecule has 21 heavy (non-hydrogen) atoms. The standard InChI is InChI=1S/C13H13F3O4S/c1-19-10-4-2-9(3-5-12(17)18)8-11(10)20-6-7-21-13(14,15)16/h2-5,8H,6-7H2,1H3,(H,17,18)/b5-3+. The van der Waals surface area contributed by atoms with Crippen LogP contribution in [0.5, 0.6) is 11.5 Å². The fourth-order valence-electron chi connectivity index (χ4n) is 1.39. The van der Waals surface area contributed by atoms with Crippen molar-refractivity contribution in [1.82, 2.24) is 0 Å². The molecule has 0 aromatic heterocycles. The Hall–Kier alpha value is -1.83. The van der Waals surface area contributed by atoms with Gasteiger partial charge in [0.2, 0.25) is 0 Å². The molecule has 0 amide bonds. The third-order valence-electron chi connectivity index (χ3n) is 2.21. The Morgan fingerprint density at radius 3 is 2.67 bits per heavy atom. The van der Waals surface area contributed by atoms with Crippen molar-refractivity contribution in [2.24, 2.45) is 0 Å². The summed E-state index contributed by atoms with van der Waals surface area (Å²) in [5.41, 5.74) is -3.75. The van der Waals surface area contributed by atoms with Crippen LogP contribution in [0.25, 0.3) is 6.08 Å². The SMILES string of the molecule is COc1ccc(/C=C/C(=O)O)cc1OCCSC(F)(F)F. The van der Waals surface area contributed by atoms with Gasteiger partial charge in [-0.05, 0) is 35.5 Å². The fourth-order valence-corrected chi connectivity index (χ4v) is 1.78. The number of rotatable bonds is 7. The Balaban J connectivity index is 2.70. The van der Waals surface area contributed by atoms with Gasteiger partial charge in [-0.15, -0.1) is 0 Å². The van der Waals surface area contributed by atoms with Crippen LogP contribution in [0.3, 0.4) is 0 Å². The van der Waals surface area contributed by atoms with Crippen molar-refractivity contribution >= 4 is 23.8 Å². The zero-order valence-electron chi connectivity index (χ0n) is 11.0. The van der Waals surface area contributed by atoms with Gasteiger partial charge < -0.3 is 14.6 Å². The Bertz CT molecular complexity index is 515. The monoisotopic (exact) mass is 322 g/mol. The number of alkyl halides is 3. The van der Waals surface area contributed by atoms with E-state index in [9.17, 15) is 18.0 Å². The second kappa shape index (κ2) is 7.82. The van der Waals surface area contributed by atoms with Gasteiger partial charge in [-0.1, -0.05) is 6.07 Å². The van der Waals surface area contributed by atoms with Crippen LogP contribution in [0.15, 0.2) is 24.3 Å². The van der Waals surface area contributed by atoms with E-state index in [-0.39, 0.29) is 29.9 Å². The zero-order valence-corrected chi connectivity index (χ0v) is 11.8. The van der Waals surface area contributed by atoms with Crippen molar-refractivity contribution in [3.05, 3.63) is 29.8 Å². The average molecular weight is 322 g/mol. The number of halogens is 3. The van der Waals surface area contributed by atoms with Crippen LogP contribution in [0.4, 0.5) is 13.2 Å². The predicted octanol–water partition coefficient (Wildman–Crippen LogP) is 3.42. The lowest BCUT2D eigenvalue weighted by Crippen LogP contribution is -2.08. The van der Waals surface area contributed by atoms with E-state index in [1.54, 1.807) is 12.1 Å². The van der Waals surface area contributed by atoms with Crippen LogP contribution >= 0.6 is 11.8 Å². The molecule has 0 radical (unpaired) electrons. The van der Waals surface area contributed by atoms with E-state index >= 15 is 0 Å². The Labute approximate surface area is 123 Å². The highest BCUT2D eigenvalue weighted by molar-refractivity contribution is 8.00. The number of aliphatic carboxylic acids is 1. The van der Waals surface area contributed by atoms with Crippen LogP contribution in [0.1, 0.15) is 5.56 Å². The summed E-state index contributed by atoms with van der Waals surface area (Å²) >= 11 is -0.173.